The van der Waals surface area contributed by atoms with Crippen LogP contribution in [0.25, 0.3) is 0 Å². The Morgan fingerprint density at radius 1 is 1.13 bits per heavy atom. The molecule has 4 fully saturated rings. The molecule has 6 nitrogen and oxygen atoms in total. The summed E-state index contributed by atoms with van der Waals surface area (Å²) >= 11 is 0. The Kier molecular flexibility index (Phi) is 3.95. The molecule has 0 aromatic carbocycles. The third-order valence-corrected chi connectivity index (χ3v) is 6.08. The van der Waals surface area contributed by atoms with E-state index in [1.807, 2.05) is 14.7 Å². The Balaban J connectivity index is 1.30. The van der Waals surface area contributed by atoms with Crippen molar-refractivity contribution in [2.75, 3.05) is 45.9 Å². The van der Waals surface area contributed by atoms with Gasteiger partial charge in [0.05, 0.1) is 13.1 Å². The number of hydrogen-bond donors (Lipinski definition) is 0. The number of rotatable bonds is 3. The van der Waals surface area contributed by atoms with Gasteiger partial charge in [-0.1, -0.05) is 0 Å². The molecule has 4 rings (SSSR count). The predicted molar refractivity (Wildman–Crippen MR) is 85.0 cm³/mol. The van der Waals surface area contributed by atoms with E-state index >= 15 is 0 Å². The fourth-order valence-electron chi connectivity index (χ4n) is 4.64. The quantitative estimate of drug-likeness (QED) is 0.787. The van der Waals surface area contributed by atoms with Crippen molar-refractivity contribution in [3.05, 3.63) is 0 Å². The molecule has 0 aliphatic carbocycles. The number of amides is 3. The Morgan fingerprint density at radius 3 is 2.61 bits per heavy atom. The Labute approximate surface area is 137 Å². The van der Waals surface area contributed by atoms with Gasteiger partial charge in [-0.3, -0.25) is 4.79 Å². The van der Waals surface area contributed by atoms with Crippen LogP contribution in [0.3, 0.4) is 0 Å². The first kappa shape index (κ1) is 15.2. The second kappa shape index (κ2) is 5.96. The van der Waals surface area contributed by atoms with E-state index < -0.39 is 0 Å². The molecule has 4 heterocycles. The van der Waals surface area contributed by atoms with Crippen molar-refractivity contribution in [2.45, 2.75) is 44.1 Å². The lowest BCUT2D eigenvalue weighted by Gasteiger charge is -2.51. The zero-order valence-electron chi connectivity index (χ0n) is 13.8. The van der Waals surface area contributed by atoms with Crippen molar-refractivity contribution in [1.29, 1.82) is 0 Å². The van der Waals surface area contributed by atoms with Crippen molar-refractivity contribution >= 4 is 11.9 Å². The first-order chi connectivity index (χ1) is 11.2. The fraction of sp³-hybridized carbons (Fsp3) is 0.882. The molecule has 4 aliphatic heterocycles. The van der Waals surface area contributed by atoms with Gasteiger partial charge in [0.25, 0.3) is 0 Å². The Bertz CT molecular complexity index is 483. The lowest BCUT2D eigenvalue weighted by molar-refractivity contribution is -0.130. The van der Waals surface area contributed by atoms with Gasteiger partial charge in [0.15, 0.2) is 0 Å². The maximum Gasteiger partial charge on any atom is 0.320 e. The molecule has 0 N–H and O–H groups in total. The van der Waals surface area contributed by atoms with Gasteiger partial charge in [0, 0.05) is 39.2 Å². The molecule has 3 amide bonds. The van der Waals surface area contributed by atoms with Crippen molar-refractivity contribution in [3.8, 4) is 0 Å². The molecule has 1 atom stereocenters. The van der Waals surface area contributed by atoms with Gasteiger partial charge in [-0.2, -0.15) is 0 Å². The van der Waals surface area contributed by atoms with Crippen molar-refractivity contribution < 1.29 is 14.3 Å². The second-order valence-electron chi connectivity index (χ2n) is 7.50. The zero-order valence-corrected chi connectivity index (χ0v) is 13.8. The molecule has 0 aromatic rings. The number of carbonyl (C=O) groups excluding carboxylic acids is 2. The predicted octanol–water partition coefficient (Wildman–Crippen LogP) is 1.31. The van der Waals surface area contributed by atoms with E-state index in [2.05, 4.69) is 0 Å². The second-order valence-corrected chi connectivity index (χ2v) is 7.50. The highest BCUT2D eigenvalue weighted by Gasteiger charge is 2.54. The summed E-state index contributed by atoms with van der Waals surface area (Å²) in [6, 6.07) is 0.192. The van der Waals surface area contributed by atoms with Crippen LogP contribution < -0.4 is 0 Å². The van der Waals surface area contributed by atoms with Crippen LogP contribution in [0.2, 0.25) is 0 Å². The maximum absolute atomic E-state index is 12.4. The van der Waals surface area contributed by atoms with Crippen LogP contribution >= 0.6 is 0 Å². The van der Waals surface area contributed by atoms with Gasteiger partial charge in [-0.25, -0.2) is 4.79 Å². The molecular weight excluding hydrogens is 294 g/mol. The third-order valence-electron chi connectivity index (χ3n) is 6.08. The molecular formula is C17H27N3O3. The highest BCUT2D eigenvalue weighted by atomic mass is 16.5. The molecule has 0 saturated carbocycles. The van der Waals surface area contributed by atoms with Crippen LogP contribution in [-0.4, -0.2) is 78.1 Å². The largest absolute Gasteiger partial charge is 0.371 e. The molecule has 0 unspecified atom stereocenters. The SMILES string of the molecule is O=C1CCCN1CC[C@@H]1CCOC12CN(C(=O)N1CCCC1)C2. The molecule has 1 spiro atoms. The molecule has 128 valence electrons. The maximum atomic E-state index is 12.4. The Morgan fingerprint density at radius 2 is 1.91 bits per heavy atom. The lowest BCUT2D eigenvalue weighted by atomic mass is 9.79. The van der Waals surface area contributed by atoms with Gasteiger partial charge in [-0.15, -0.1) is 0 Å². The minimum atomic E-state index is -0.127. The van der Waals surface area contributed by atoms with Gasteiger partial charge in [-0.05, 0) is 38.0 Å². The van der Waals surface area contributed by atoms with Crippen LogP contribution in [0, 0.1) is 5.92 Å². The summed E-state index contributed by atoms with van der Waals surface area (Å²) < 4.78 is 6.06. The smallest absolute Gasteiger partial charge is 0.320 e. The number of hydrogen-bond acceptors (Lipinski definition) is 3. The molecule has 4 saturated heterocycles. The van der Waals surface area contributed by atoms with Gasteiger partial charge in [0.2, 0.25) is 5.91 Å². The normalized spacial score (nSPS) is 29.7. The molecule has 6 heteroatoms. The van der Waals surface area contributed by atoms with Crippen LogP contribution in [0.1, 0.15) is 38.5 Å². The minimum Gasteiger partial charge on any atom is -0.371 e. The standard InChI is InChI=1S/C17H27N3O3/c21-15-4-3-9-18(15)10-5-14-6-11-23-17(14)12-20(13-17)16(22)19-7-1-2-8-19/h14H,1-13H2/t14-/m1/s1. The van der Waals surface area contributed by atoms with E-state index in [1.165, 1.54) is 0 Å². The van der Waals surface area contributed by atoms with Crippen LogP contribution in [0.5, 0.6) is 0 Å². The highest BCUT2D eigenvalue weighted by molar-refractivity contribution is 5.78. The van der Waals surface area contributed by atoms with Crippen molar-refractivity contribution in [3.63, 3.8) is 0 Å². The third kappa shape index (κ3) is 2.71. The van der Waals surface area contributed by atoms with Crippen LogP contribution in [-0.2, 0) is 9.53 Å². The average molecular weight is 321 g/mol. The van der Waals surface area contributed by atoms with E-state index in [0.29, 0.717) is 18.2 Å². The van der Waals surface area contributed by atoms with Gasteiger partial charge >= 0.3 is 6.03 Å². The molecule has 0 bridgehead atoms. The number of carbonyl (C=O) groups is 2. The van der Waals surface area contributed by atoms with Crippen LogP contribution in [0.4, 0.5) is 4.79 Å². The van der Waals surface area contributed by atoms with E-state index in [0.717, 1.165) is 78.0 Å². The highest BCUT2D eigenvalue weighted by Crippen LogP contribution is 2.42. The number of urea groups is 1. The van der Waals surface area contributed by atoms with Crippen LogP contribution in [0.15, 0.2) is 0 Å². The fourth-order valence-corrected chi connectivity index (χ4v) is 4.64. The zero-order chi connectivity index (χ0) is 15.9. The van der Waals surface area contributed by atoms with Gasteiger partial charge in [0.1, 0.15) is 5.60 Å². The number of ether oxygens (including phenoxy) is 1. The van der Waals surface area contributed by atoms with E-state index in [4.69, 9.17) is 4.74 Å². The van der Waals surface area contributed by atoms with E-state index in [-0.39, 0.29) is 11.6 Å². The van der Waals surface area contributed by atoms with Gasteiger partial charge < -0.3 is 19.4 Å². The first-order valence-electron chi connectivity index (χ1n) is 9.14. The summed E-state index contributed by atoms with van der Waals surface area (Å²) in [5.41, 5.74) is -0.127. The summed E-state index contributed by atoms with van der Waals surface area (Å²) in [5.74, 6) is 0.788. The first-order valence-corrected chi connectivity index (χ1v) is 9.14. The number of likely N-dealkylation sites (tertiary alicyclic amines) is 3. The molecule has 0 radical (unpaired) electrons. The Hall–Kier alpha value is -1.30. The summed E-state index contributed by atoms with van der Waals surface area (Å²) in [6.07, 6.45) is 6.06. The minimum absolute atomic E-state index is 0.127. The molecule has 0 aromatic heterocycles. The number of nitrogens with zero attached hydrogens (tertiary/aromatic N) is 3. The van der Waals surface area contributed by atoms with E-state index in [9.17, 15) is 9.59 Å². The molecule has 23 heavy (non-hydrogen) atoms. The van der Waals surface area contributed by atoms with Crippen molar-refractivity contribution in [1.82, 2.24) is 14.7 Å². The lowest BCUT2D eigenvalue weighted by Crippen LogP contribution is -2.67. The monoisotopic (exact) mass is 321 g/mol. The summed E-state index contributed by atoms with van der Waals surface area (Å²) in [5, 5.41) is 0. The molecule has 4 aliphatic rings. The van der Waals surface area contributed by atoms with E-state index in [1.54, 1.807) is 0 Å². The summed E-state index contributed by atoms with van der Waals surface area (Å²) in [4.78, 5) is 30.1. The topological polar surface area (TPSA) is 53.1 Å². The average Bonchev–Trinajstić information content (AvgIpc) is 3.23. The van der Waals surface area contributed by atoms with Crippen molar-refractivity contribution in [2.24, 2.45) is 5.92 Å². The summed E-state index contributed by atoms with van der Waals surface area (Å²) in [6.45, 7) is 5.85. The summed E-state index contributed by atoms with van der Waals surface area (Å²) in [7, 11) is 0.